The molecule has 16 rings (SSSR count). The molecule has 5 aliphatic rings. The number of furan rings is 2. The number of benzene rings is 8. The molecular weight excluding hydrogens is 1120 g/mol. The van der Waals surface area contributed by atoms with Gasteiger partial charge < -0.3 is 8.83 Å². The van der Waals surface area contributed by atoms with Crippen molar-refractivity contribution in [2.75, 3.05) is 0 Å². The Labute approximate surface area is 505 Å². The molecule has 5 aliphatic carbocycles. The van der Waals surface area contributed by atoms with Crippen molar-refractivity contribution in [1.29, 1.82) is 0 Å². The van der Waals surface area contributed by atoms with Crippen LogP contribution in [0.15, 0.2) is 209 Å². The van der Waals surface area contributed by atoms with Crippen LogP contribution in [0.3, 0.4) is 0 Å². The van der Waals surface area contributed by atoms with Gasteiger partial charge in [-0.15, -0.1) is 0 Å². The van der Waals surface area contributed by atoms with Crippen LogP contribution in [0.2, 0.25) is 0 Å². The van der Waals surface area contributed by atoms with E-state index in [0.29, 0.717) is 23.8 Å². The second kappa shape index (κ2) is 21.4. The van der Waals surface area contributed by atoms with E-state index in [-0.39, 0.29) is 47.3 Å². The number of halogens is 6. The van der Waals surface area contributed by atoms with Crippen LogP contribution in [0.1, 0.15) is 150 Å². The van der Waals surface area contributed by atoms with E-state index < -0.39 is 23.5 Å². The first-order valence-corrected chi connectivity index (χ1v) is 31.7. The highest BCUT2D eigenvalue weighted by atomic mass is 32.1. The number of alkyl halides is 6. The first-order chi connectivity index (χ1) is 42.3. The van der Waals surface area contributed by atoms with Gasteiger partial charge in [0.2, 0.25) is 0 Å². The molecule has 436 valence electrons. The summed E-state index contributed by atoms with van der Waals surface area (Å²) in [5.41, 5.74) is 16.1. The summed E-state index contributed by atoms with van der Waals surface area (Å²) >= 11 is 1.34. The SMILES string of the molecule is FC(F)(F)C1=CCC(C2CCC3C(C2)c2cc(-c4ccc(C(F)(F)F)cc4)ccc2C3c2ccc(C3CCC(C(c4ccc(-c5ccc6oc7ccccc7c6c5)cc4)C4CCC(c5ccc6oc7ccccc7c6c5)CC4)c4nsnc43)cc2)C=C1. The highest BCUT2D eigenvalue weighted by Crippen LogP contribution is 2.60. The Kier molecular flexibility index (Phi) is 13.4. The number of nitrogens with zero attached hydrogens (tertiary/aromatic N) is 2. The van der Waals surface area contributed by atoms with E-state index in [4.69, 9.17) is 17.6 Å². The molecule has 2 saturated carbocycles. The Bertz CT molecular complexity index is 4460. The molecule has 11 aromatic rings. The Morgan fingerprint density at radius 3 is 1.79 bits per heavy atom. The van der Waals surface area contributed by atoms with Crippen molar-refractivity contribution in [1.82, 2.24) is 8.75 Å². The molecule has 2 fully saturated rings. The Balaban J connectivity index is 0.692. The van der Waals surface area contributed by atoms with Crippen molar-refractivity contribution in [3.63, 3.8) is 0 Å². The molecule has 11 heteroatoms. The van der Waals surface area contributed by atoms with Gasteiger partial charge in [0.1, 0.15) is 22.3 Å². The maximum Gasteiger partial charge on any atom is 0.416 e. The molecule has 0 radical (unpaired) electrons. The van der Waals surface area contributed by atoms with Crippen LogP contribution in [-0.2, 0) is 6.18 Å². The molecule has 4 nitrogen and oxygen atoms in total. The third-order valence-corrected chi connectivity index (χ3v) is 21.6. The molecule has 0 amide bonds. The van der Waals surface area contributed by atoms with Crippen LogP contribution in [0, 0.1) is 23.7 Å². The lowest BCUT2D eigenvalue weighted by Crippen LogP contribution is -2.28. The van der Waals surface area contributed by atoms with Gasteiger partial charge in [-0.1, -0.05) is 146 Å². The van der Waals surface area contributed by atoms with Crippen LogP contribution in [-0.4, -0.2) is 14.9 Å². The minimum atomic E-state index is -4.44. The summed E-state index contributed by atoms with van der Waals surface area (Å²) in [5, 5.41) is 4.59. The second-order valence-corrected chi connectivity index (χ2v) is 26.0. The minimum Gasteiger partial charge on any atom is -0.456 e. The van der Waals surface area contributed by atoms with Gasteiger partial charge in [-0.3, -0.25) is 0 Å². The quantitative estimate of drug-likeness (QED) is 0.135. The average Bonchev–Trinajstić information content (AvgIpc) is 1.94. The van der Waals surface area contributed by atoms with Crippen molar-refractivity contribution < 1.29 is 35.2 Å². The summed E-state index contributed by atoms with van der Waals surface area (Å²) in [5.74, 6) is 2.18. The summed E-state index contributed by atoms with van der Waals surface area (Å²) in [7, 11) is 0. The van der Waals surface area contributed by atoms with Crippen LogP contribution in [0.5, 0.6) is 0 Å². The topological polar surface area (TPSA) is 52.1 Å². The second-order valence-electron chi connectivity index (χ2n) is 25.5. The standard InChI is InChI=1S/C76H62F6N2O2S/c77-75(78,79)55-29-21-45(22-30-55)51-25-33-60-63(39-51)64-40-52(46-23-31-56(32-24-46)76(80,81)82)26-34-61(64)72(60)50-19-13-47(14-20-50)57-35-36-62(74-73(57)83-87-84-74)71(48-15-9-43(10-16-48)53-27-37-69-65(41-53)58-5-1-3-7-67(58)85-69)49-17-11-44(12-18-49)54-28-38-70-66(42-54)59-6-2-4-8-68(59)86-70/h1-10,13-16,19-23,25,27-33,37-39,41-42,44,46,49,52,57,61-62,64,71-72H,11-12,17-18,24,26,34-36,40H2. The predicted molar refractivity (Wildman–Crippen MR) is 334 cm³/mol. The number of aromatic nitrogens is 2. The summed E-state index contributed by atoms with van der Waals surface area (Å²) in [6, 6.07) is 60.3. The van der Waals surface area contributed by atoms with Crippen molar-refractivity contribution in [3.8, 4) is 22.3 Å². The summed E-state index contributed by atoms with van der Waals surface area (Å²) in [4.78, 5) is 0. The lowest BCUT2D eigenvalue weighted by molar-refractivity contribution is -0.137. The fourth-order valence-electron chi connectivity index (χ4n) is 16.8. The lowest BCUT2D eigenvalue weighted by Gasteiger charge is -2.40. The monoisotopic (exact) mass is 1180 g/mol. The summed E-state index contributed by atoms with van der Waals surface area (Å²) < 4.78 is 105. The van der Waals surface area contributed by atoms with E-state index in [1.54, 1.807) is 18.2 Å². The summed E-state index contributed by atoms with van der Waals surface area (Å²) in [6.07, 6.45) is 4.98. The van der Waals surface area contributed by atoms with Gasteiger partial charge in [0.25, 0.3) is 0 Å². The molecule has 3 heterocycles. The van der Waals surface area contributed by atoms with Crippen LogP contribution < -0.4 is 0 Å². The van der Waals surface area contributed by atoms with Crippen LogP contribution in [0.25, 0.3) is 66.1 Å². The number of para-hydroxylation sites is 2. The van der Waals surface area contributed by atoms with Crippen molar-refractivity contribution in [2.24, 2.45) is 23.7 Å². The molecule has 0 saturated heterocycles. The fraction of sp³-hybridized carbons (Fsp3) is 0.289. The van der Waals surface area contributed by atoms with Gasteiger partial charge in [0.15, 0.2) is 0 Å². The maximum atomic E-state index is 13.7. The van der Waals surface area contributed by atoms with Gasteiger partial charge in [-0.05, 0) is 210 Å². The molecule has 8 atom stereocenters. The number of fused-ring (bicyclic) bond motifs is 10. The zero-order valence-electron chi connectivity index (χ0n) is 47.7. The first kappa shape index (κ1) is 54.4. The first-order valence-electron chi connectivity index (χ1n) is 31.0. The fourth-order valence-corrected chi connectivity index (χ4v) is 17.5. The zero-order chi connectivity index (χ0) is 58.7. The van der Waals surface area contributed by atoms with Gasteiger partial charge in [0, 0.05) is 39.3 Å². The van der Waals surface area contributed by atoms with Gasteiger partial charge in [-0.2, -0.15) is 35.1 Å². The normalized spacial score (nSPS) is 24.3. The molecule has 0 spiro atoms. The molecule has 0 bridgehead atoms. The average molecular weight is 1180 g/mol. The van der Waals surface area contributed by atoms with Gasteiger partial charge in [0.05, 0.1) is 34.3 Å². The van der Waals surface area contributed by atoms with E-state index in [9.17, 15) is 26.3 Å². The smallest absolute Gasteiger partial charge is 0.416 e. The van der Waals surface area contributed by atoms with Gasteiger partial charge in [-0.25, -0.2) is 0 Å². The number of allylic oxidation sites excluding steroid dienone is 4. The van der Waals surface area contributed by atoms with Gasteiger partial charge >= 0.3 is 12.4 Å². The van der Waals surface area contributed by atoms with Crippen molar-refractivity contribution in [2.45, 2.75) is 112 Å². The maximum absolute atomic E-state index is 13.7. The Morgan fingerprint density at radius 1 is 0.494 bits per heavy atom. The van der Waals surface area contributed by atoms with Crippen LogP contribution in [0.4, 0.5) is 26.3 Å². The highest BCUT2D eigenvalue weighted by molar-refractivity contribution is 6.99. The minimum absolute atomic E-state index is 0.00937. The lowest BCUT2D eigenvalue weighted by atomic mass is 9.64. The third-order valence-electron chi connectivity index (χ3n) is 21.1. The Morgan fingerprint density at radius 2 is 1.10 bits per heavy atom. The predicted octanol–water partition coefficient (Wildman–Crippen LogP) is 22.2. The molecular formula is C76H62F6N2O2S. The van der Waals surface area contributed by atoms with E-state index in [1.807, 2.05) is 30.3 Å². The number of hydrogen-bond acceptors (Lipinski definition) is 5. The zero-order valence-corrected chi connectivity index (χ0v) is 48.5. The van der Waals surface area contributed by atoms with E-state index in [2.05, 4.69) is 121 Å². The molecule has 0 N–H and O–H groups in total. The number of hydrogen-bond donors (Lipinski definition) is 0. The number of rotatable bonds is 9. The van der Waals surface area contributed by atoms with E-state index in [0.717, 1.165) is 131 Å². The largest absolute Gasteiger partial charge is 0.456 e. The molecule has 0 aliphatic heterocycles. The van der Waals surface area contributed by atoms with E-state index >= 15 is 0 Å². The Hall–Kier alpha value is -8.02. The van der Waals surface area contributed by atoms with Crippen LogP contribution >= 0.6 is 11.7 Å². The van der Waals surface area contributed by atoms with Crippen molar-refractivity contribution in [3.05, 3.63) is 250 Å². The molecule has 3 aromatic heterocycles. The highest BCUT2D eigenvalue weighted by Gasteiger charge is 2.47. The molecule has 8 aromatic carbocycles. The van der Waals surface area contributed by atoms with E-state index in [1.165, 1.54) is 68.2 Å². The summed E-state index contributed by atoms with van der Waals surface area (Å²) in [6.45, 7) is 0. The van der Waals surface area contributed by atoms with Crippen molar-refractivity contribution >= 4 is 55.6 Å². The third kappa shape index (κ3) is 9.74. The molecule has 87 heavy (non-hydrogen) atoms. The molecule has 8 unspecified atom stereocenters.